The average molecular weight is 413 g/mol. The summed E-state index contributed by atoms with van der Waals surface area (Å²) in [5.41, 5.74) is 0.957. The quantitative estimate of drug-likeness (QED) is 0.786. The lowest BCUT2D eigenvalue weighted by molar-refractivity contribution is 0.0528. The van der Waals surface area contributed by atoms with Crippen LogP contribution in [0.3, 0.4) is 0 Å². The lowest BCUT2D eigenvalue weighted by Crippen LogP contribution is -2.47. The van der Waals surface area contributed by atoms with Crippen molar-refractivity contribution >= 4 is 28.7 Å². The summed E-state index contributed by atoms with van der Waals surface area (Å²) >= 11 is 0. The molecule has 1 saturated heterocycles. The van der Waals surface area contributed by atoms with Gasteiger partial charge in [-0.2, -0.15) is 4.98 Å². The van der Waals surface area contributed by atoms with Crippen molar-refractivity contribution in [3.8, 4) is 0 Å². The Bertz CT molecular complexity index is 860. The first-order valence-corrected chi connectivity index (χ1v) is 10.9. The summed E-state index contributed by atoms with van der Waals surface area (Å²) in [6.07, 6.45) is 4.31. The van der Waals surface area contributed by atoms with Gasteiger partial charge in [0, 0.05) is 45.2 Å². The van der Waals surface area contributed by atoms with E-state index >= 15 is 0 Å². The largest absolute Gasteiger partial charge is 0.378 e. The van der Waals surface area contributed by atoms with E-state index in [4.69, 9.17) is 14.7 Å². The highest BCUT2D eigenvalue weighted by atomic mass is 16.5. The molecule has 30 heavy (non-hydrogen) atoms. The van der Waals surface area contributed by atoms with Crippen LogP contribution in [0, 0.1) is 5.92 Å². The molecule has 2 fully saturated rings. The Hall–Kier alpha value is -2.61. The normalized spacial score (nSPS) is 22.0. The molecule has 1 aromatic carbocycles. The zero-order valence-corrected chi connectivity index (χ0v) is 17.9. The van der Waals surface area contributed by atoms with Crippen molar-refractivity contribution in [2.75, 3.05) is 57.2 Å². The molecule has 0 unspecified atom stereocenters. The van der Waals surface area contributed by atoms with Crippen LogP contribution in [-0.2, 0) is 4.74 Å². The number of nitrogens with one attached hydrogen (secondary N) is 2. The Morgan fingerprint density at radius 3 is 2.60 bits per heavy atom. The number of urea groups is 1. The van der Waals surface area contributed by atoms with Crippen LogP contribution >= 0.6 is 0 Å². The highest BCUT2D eigenvalue weighted by Gasteiger charge is 2.24. The Morgan fingerprint density at radius 2 is 1.87 bits per heavy atom. The van der Waals surface area contributed by atoms with Gasteiger partial charge in [0.25, 0.3) is 0 Å². The predicted molar refractivity (Wildman–Crippen MR) is 119 cm³/mol. The second-order valence-corrected chi connectivity index (χ2v) is 8.43. The van der Waals surface area contributed by atoms with Gasteiger partial charge < -0.3 is 25.2 Å². The van der Waals surface area contributed by atoms with Crippen LogP contribution in [0.2, 0.25) is 0 Å². The van der Waals surface area contributed by atoms with Gasteiger partial charge in [-0.1, -0.05) is 12.1 Å². The summed E-state index contributed by atoms with van der Waals surface area (Å²) in [5, 5.41) is 7.72. The fourth-order valence-corrected chi connectivity index (χ4v) is 4.27. The third kappa shape index (κ3) is 4.92. The molecule has 2 amide bonds. The molecule has 2 N–H and O–H groups in total. The van der Waals surface area contributed by atoms with Crippen LogP contribution in [0.5, 0.6) is 0 Å². The number of carbonyl (C=O) groups excluding carboxylic acids is 1. The molecule has 2 heterocycles. The van der Waals surface area contributed by atoms with E-state index < -0.39 is 0 Å². The smallest absolute Gasteiger partial charge is 0.317 e. The van der Waals surface area contributed by atoms with Crippen molar-refractivity contribution in [2.45, 2.75) is 31.7 Å². The van der Waals surface area contributed by atoms with E-state index in [1.54, 1.807) is 0 Å². The topological polar surface area (TPSA) is 82.6 Å². The number of rotatable bonds is 5. The van der Waals surface area contributed by atoms with E-state index in [-0.39, 0.29) is 6.03 Å². The lowest BCUT2D eigenvalue weighted by atomic mass is 9.86. The van der Waals surface area contributed by atoms with Gasteiger partial charge in [0.2, 0.25) is 5.95 Å². The molecule has 4 rings (SSSR count). The zero-order valence-electron chi connectivity index (χ0n) is 17.9. The third-order valence-electron chi connectivity index (χ3n) is 6.03. The minimum atomic E-state index is 0.0410. The molecule has 8 nitrogen and oxygen atoms in total. The van der Waals surface area contributed by atoms with Gasteiger partial charge in [0.05, 0.1) is 18.7 Å². The summed E-state index contributed by atoms with van der Waals surface area (Å²) < 4.78 is 5.31. The Kier molecular flexibility index (Phi) is 6.52. The van der Waals surface area contributed by atoms with Gasteiger partial charge in [-0.3, -0.25) is 0 Å². The molecule has 0 radical (unpaired) electrons. The van der Waals surface area contributed by atoms with Gasteiger partial charge in [-0.25, -0.2) is 9.78 Å². The minimum absolute atomic E-state index is 0.0410. The van der Waals surface area contributed by atoms with E-state index in [2.05, 4.69) is 16.7 Å². The van der Waals surface area contributed by atoms with Crippen LogP contribution < -0.4 is 15.5 Å². The summed E-state index contributed by atoms with van der Waals surface area (Å²) in [5.74, 6) is 2.16. The Balaban J connectivity index is 1.29. The number of anilines is 2. The predicted octanol–water partition coefficient (Wildman–Crippen LogP) is 2.71. The van der Waals surface area contributed by atoms with Crippen molar-refractivity contribution in [1.82, 2.24) is 20.2 Å². The molecule has 1 saturated carbocycles. The first-order valence-electron chi connectivity index (χ1n) is 10.9. The second kappa shape index (κ2) is 9.47. The monoisotopic (exact) mass is 412 g/mol. The molecule has 1 aliphatic heterocycles. The van der Waals surface area contributed by atoms with Gasteiger partial charge in [0.15, 0.2) is 0 Å². The number of hydrogen-bond acceptors (Lipinski definition) is 6. The van der Waals surface area contributed by atoms with Crippen LogP contribution in [-0.4, -0.2) is 73.9 Å². The number of para-hydroxylation sites is 1. The Morgan fingerprint density at radius 1 is 1.13 bits per heavy atom. The zero-order chi connectivity index (χ0) is 20.9. The van der Waals surface area contributed by atoms with Gasteiger partial charge >= 0.3 is 6.03 Å². The number of morpholine rings is 1. The van der Waals surface area contributed by atoms with Gasteiger partial charge in [-0.15, -0.1) is 0 Å². The van der Waals surface area contributed by atoms with Crippen molar-refractivity contribution in [1.29, 1.82) is 0 Å². The Labute approximate surface area is 178 Å². The van der Waals surface area contributed by atoms with Crippen molar-refractivity contribution in [3.05, 3.63) is 24.3 Å². The number of amides is 2. The number of nitrogens with zero attached hydrogens (tertiary/aromatic N) is 4. The minimum Gasteiger partial charge on any atom is -0.378 e. The maximum atomic E-state index is 12.3. The molecular weight excluding hydrogens is 380 g/mol. The third-order valence-corrected chi connectivity index (χ3v) is 6.03. The van der Waals surface area contributed by atoms with Crippen LogP contribution in [0.4, 0.5) is 16.6 Å². The maximum Gasteiger partial charge on any atom is 0.317 e. The molecule has 162 valence electrons. The van der Waals surface area contributed by atoms with Crippen LogP contribution in [0.1, 0.15) is 25.7 Å². The highest BCUT2D eigenvalue weighted by molar-refractivity contribution is 5.90. The summed E-state index contributed by atoms with van der Waals surface area (Å²) in [7, 11) is 4.02. The van der Waals surface area contributed by atoms with Crippen LogP contribution in [0.15, 0.2) is 24.3 Å². The fraction of sp³-hybridized carbons (Fsp3) is 0.591. The SMILES string of the molecule is CN(C)c1nc(NC2CCC(CNC(=O)N3CCOCC3)CC2)nc2ccccc12. The standard InChI is InChI=1S/C22H32N6O2/c1-27(2)20-18-5-3-4-6-19(18)25-21(26-20)24-17-9-7-16(8-10-17)15-23-22(29)28-11-13-30-14-12-28/h3-6,16-17H,7-15H2,1-2H3,(H,23,29)(H,24,25,26). The summed E-state index contributed by atoms with van der Waals surface area (Å²) in [6.45, 7) is 3.39. The molecule has 1 aliphatic carbocycles. The molecule has 2 aromatic rings. The van der Waals surface area contributed by atoms with E-state index in [0.29, 0.717) is 44.2 Å². The molecule has 8 heteroatoms. The molecular formula is C22H32N6O2. The lowest BCUT2D eigenvalue weighted by Gasteiger charge is -2.31. The van der Waals surface area contributed by atoms with E-state index in [9.17, 15) is 4.79 Å². The number of carbonyl (C=O) groups is 1. The maximum absolute atomic E-state index is 12.3. The number of ether oxygens (including phenoxy) is 1. The summed E-state index contributed by atoms with van der Waals surface area (Å²) in [4.78, 5) is 25.6. The number of fused-ring (bicyclic) bond motifs is 1. The highest BCUT2D eigenvalue weighted by Crippen LogP contribution is 2.28. The first-order chi connectivity index (χ1) is 14.6. The fourth-order valence-electron chi connectivity index (χ4n) is 4.27. The van der Waals surface area contributed by atoms with Crippen molar-refractivity contribution < 1.29 is 9.53 Å². The molecule has 0 spiro atoms. The number of aromatic nitrogens is 2. The van der Waals surface area contributed by atoms with E-state index in [1.165, 1.54) is 0 Å². The number of hydrogen-bond donors (Lipinski definition) is 2. The van der Waals surface area contributed by atoms with E-state index in [0.717, 1.165) is 48.9 Å². The number of benzene rings is 1. The average Bonchev–Trinajstić information content (AvgIpc) is 2.78. The molecule has 1 aromatic heterocycles. The summed E-state index contributed by atoms with van der Waals surface area (Å²) in [6, 6.07) is 8.53. The van der Waals surface area contributed by atoms with Crippen LogP contribution in [0.25, 0.3) is 10.9 Å². The molecule has 2 aliphatic rings. The van der Waals surface area contributed by atoms with Crippen molar-refractivity contribution in [3.63, 3.8) is 0 Å². The first kappa shape index (κ1) is 20.7. The second-order valence-electron chi connectivity index (χ2n) is 8.43. The van der Waals surface area contributed by atoms with Gasteiger partial charge in [-0.05, 0) is 43.7 Å². The molecule has 0 atom stereocenters. The van der Waals surface area contributed by atoms with Crippen molar-refractivity contribution in [2.24, 2.45) is 5.92 Å². The van der Waals surface area contributed by atoms with Gasteiger partial charge in [0.1, 0.15) is 5.82 Å². The molecule has 0 bridgehead atoms. The van der Waals surface area contributed by atoms with E-state index in [1.807, 2.05) is 42.1 Å².